The summed E-state index contributed by atoms with van der Waals surface area (Å²) in [6.07, 6.45) is 3.54. The molecule has 0 aromatic carbocycles. The highest BCUT2D eigenvalue weighted by Gasteiger charge is 2.27. The Bertz CT molecular complexity index is 429. The fourth-order valence-corrected chi connectivity index (χ4v) is 2.75. The van der Waals surface area contributed by atoms with E-state index in [0.717, 1.165) is 13.0 Å². The fourth-order valence-electron chi connectivity index (χ4n) is 2.75. The summed E-state index contributed by atoms with van der Waals surface area (Å²) in [4.78, 5) is 2.29. The molecule has 0 bridgehead atoms. The number of hydrogen-bond acceptors (Lipinski definition) is 2. The Labute approximate surface area is 111 Å². The van der Waals surface area contributed by atoms with Gasteiger partial charge in [0.05, 0.1) is 0 Å². The Morgan fingerprint density at radius 3 is 2.72 bits per heavy atom. The molecule has 2 rings (SSSR count). The molecule has 1 aliphatic carbocycles. The van der Waals surface area contributed by atoms with Crippen LogP contribution in [-0.2, 0) is 13.0 Å². The van der Waals surface area contributed by atoms with E-state index in [-0.39, 0.29) is 11.6 Å². The first-order chi connectivity index (χ1) is 8.33. The van der Waals surface area contributed by atoms with Crippen LogP contribution in [-0.4, -0.2) is 29.1 Å². The van der Waals surface area contributed by atoms with Crippen LogP contribution in [0.1, 0.15) is 49.7 Å². The summed E-state index contributed by atoms with van der Waals surface area (Å²) in [5.41, 5.74) is 10.6. The van der Waals surface area contributed by atoms with Crippen LogP contribution in [0.2, 0.25) is 0 Å². The van der Waals surface area contributed by atoms with Gasteiger partial charge in [-0.3, -0.25) is 0 Å². The third-order valence-electron chi connectivity index (χ3n) is 4.53. The first kappa shape index (κ1) is 13.6. The molecule has 1 aromatic heterocycles. The van der Waals surface area contributed by atoms with Gasteiger partial charge in [-0.25, -0.2) is 0 Å². The number of nitrogens with two attached hydrogens (primary N) is 1. The highest BCUT2D eigenvalue weighted by Crippen LogP contribution is 2.32. The molecular formula is C15H27N3. The highest BCUT2D eigenvalue weighted by atomic mass is 15.2. The summed E-state index contributed by atoms with van der Waals surface area (Å²) < 4.78 is 2.48. The minimum absolute atomic E-state index is 0.166. The van der Waals surface area contributed by atoms with Crippen molar-refractivity contribution in [2.45, 2.75) is 58.2 Å². The average molecular weight is 249 g/mol. The molecular weight excluding hydrogens is 222 g/mol. The van der Waals surface area contributed by atoms with E-state index in [0.29, 0.717) is 0 Å². The highest BCUT2D eigenvalue weighted by molar-refractivity contribution is 5.32. The Morgan fingerprint density at radius 2 is 2.11 bits per heavy atom. The van der Waals surface area contributed by atoms with E-state index in [1.54, 1.807) is 0 Å². The van der Waals surface area contributed by atoms with Crippen molar-refractivity contribution in [3.8, 4) is 0 Å². The molecule has 0 radical (unpaired) electrons. The number of fused-ring (bicyclic) bond motifs is 1. The number of hydrogen-bond donors (Lipinski definition) is 1. The van der Waals surface area contributed by atoms with E-state index >= 15 is 0 Å². The van der Waals surface area contributed by atoms with Gasteiger partial charge in [0.1, 0.15) is 0 Å². The molecule has 3 heteroatoms. The first-order valence-electron chi connectivity index (χ1n) is 6.95. The third-order valence-corrected chi connectivity index (χ3v) is 4.53. The second kappa shape index (κ2) is 4.71. The van der Waals surface area contributed by atoms with Gasteiger partial charge in [0.25, 0.3) is 0 Å². The Kier molecular flexibility index (Phi) is 3.56. The molecule has 0 spiro atoms. The lowest BCUT2D eigenvalue weighted by Gasteiger charge is -2.34. The van der Waals surface area contributed by atoms with Gasteiger partial charge in [-0.2, -0.15) is 0 Å². The molecule has 1 aliphatic rings. The first-order valence-corrected chi connectivity index (χ1v) is 6.95. The zero-order valence-corrected chi connectivity index (χ0v) is 12.5. The number of nitrogens with zero attached hydrogens (tertiary/aromatic N) is 2. The maximum atomic E-state index is 6.23. The van der Waals surface area contributed by atoms with Gasteiger partial charge in [0, 0.05) is 29.5 Å². The SMILES string of the molecule is Cc1cc2c(n1CC(C)(C)N(C)C)CCCC2N. The minimum Gasteiger partial charge on any atom is -0.347 e. The van der Waals surface area contributed by atoms with Crippen LogP contribution in [0.4, 0.5) is 0 Å². The van der Waals surface area contributed by atoms with Crippen molar-refractivity contribution < 1.29 is 0 Å². The molecule has 102 valence electrons. The lowest BCUT2D eigenvalue weighted by atomic mass is 9.93. The average Bonchev–Trinajstić information content (AvgIpc) is 2.57. The van der Waals surface area contributed by atoms with Crippen molar-refractivity contribution in [1.29, 1.82) is 0 Å². The van der Waals surface area contributed by atoms with Crippen LogP contribution in [0, 0.1) is 6.92 Å². The molecule has 1 atom stereocenters. The second-order valence-corrected chi connectivity index (χ2v) is 6.48. The zero-order valence-electron chi connectivity index (χ0n) is 12.5. The van der Waals surface area contributed by atoms with Gasteiger partial charge in [0.2, 0.25) is 0 Å². The maximum Gasteiger partial charge on any atom is 0.0404 e. The van der Waals surface area contributed by atoms with E-state index in [4.69, 9.17) is 5.73 Å². The molecule has 0 saturated heterocycles. The summed E-state index contributed by atoms with van der Waals surface area (Å²) in [6.45, 7) is 7.83. The molecule has 1 unspecified atom stereocenters. The van der Waals surface area contributed by atoms with Gasteiger partial charge >= 0.3 is 0 Å². The van der Waals surface area contributed by atoms with Crippen molar-refractivity contribution in [1.82, 2.24) is 9.47 Å². The number of aromatic nitrogens is 1. The van der Waals surface area contributed by atoms with Crippen LogP contribution in [0.15, 0.2) is 6.07 Å². The van der Waals surface area contributed by atoms with E-state index in [2.05, 4.69) is 50.4 Å². The van der Waals surface area contributed by atoms with E-state index < -0.39 is 0 Å². The molecule has 0 aliphatic heterocycles. The van der Waals surface area contributed by atoms with Crippen LogP contribution in [0.5, 0.6) is 0 Å². The summed E-state index contributed by atoms with van der Waals surface area (Å²) in [6, 6.07) is 2.54. The van der Waals surface area contributed by atoms with Gasteiger partial charge in [-0.05, 0) is 65.8 Å². The van der Waals surface area contributed by atoms with Crippen LogP contribution < -0.4 is 5.73 Å². The van der Waals surface area contributed by atoms with Crippen LogP contribution in [0.3, 0.4) is 0 Å². The summed E-state index contributed by atoms with van der Waals surface area (Å²) in [5.74, 6) is 0. The number of aryl methyl sites for hydroxylation is 1. The van der Waals surface area contributed by atoms with Crippen molar-refractivity contribution in [2.75, 3.05) is 14.1 Å². The fraction of sp³-hybridized carbons (Fsp3) is 0.733. The van der Waals surface area contributed by atoms with Crippen molar-refractivity contribution in [3.63, 3.8) is 0 Å². The van der Waals surface area contributed by atoms with Crippen molar-refractivity contribution in [3.05, 3.63) is 23.0 Å². The third kappa shape index (κ3) is 2.34. The molecule has 18 heavy (non-hydrogen) atoms. The Hall–Kier alpha value is -0.800. The van der Waals surface area contributed by atoms with E-state index in [9.17, 15) is 0 Å². The maximum absolute atomic E-state index is 6.23. The van der Waals surface area contributed by atoms with Gasteiger partial charge in [-0.15, -0.1) is 0 Å². The van der Waals surface area contributed by atoms with Crippen molar-refractivity contribution in [2.24, 2.45) is 5.73 Å². The summed E-state index contributed by atoms with van der Waals surface area (Å²) >= 11 is 0. The second-order valence-electron chi connectivity index (χ2n) is 6.48. The van der Waals surface area contributed by atoms with Gasteiger partial charge < -0.3 is 15.2 Å². The van der Waals surface area contributed by atoms with Gasteiger partial charge in [-0.1, -0.05) is 0 Å². The molecule has 3 nitrogen and oxygen atoms in total. The summed E-state index contributed by atoms with van der Waals surface area (Å²) in [7, 11) is 4.30. The predicted octanol–water partition coefficient (Wildman–Crippen LogP) is 2.47. The molecule has 2 N–H and O–H groups in total. The zero-order chi connectivity index (χ0) is 13.5. The largest absolute Gasteiger partial charge is 0.347 e. The molecule has 1 aromatic rings. The molecule has 0 saturated carbocycles. The number of rotatable bonds is 3. The molecule has 1 heterocycles. The smallest absolute Gasteiger partial charge is 0.0404 e. The monoisotopic (exact) mass is 249 g/mol. The molecule has 0 amide bonds. The van der Waals surface area contributed by atoms with E-state index in [1.165, 1.54) is 29.8 Å². The van der Waals surface area contributed by atoms with Crippen LogP contribution >= 0.6 is 0 Å². The predicted molar refractivity (Wildman–Crippen MR) is 76.8 cm³/mol. The Balaban J connectivity index is 2.34. The Morgan fingerprint density at radius 1 is 1.44 bits per heavy atom. The van der Waals surface area contributed by atoms with Crippen molar-refractivity contribution >= 4 is 0 Å². The van der Waals surface area contributed by atoms with Gasteiger partial charge in [0.15, 0.2) is 0 Å². The van der Waals surface area contributed by atoms with E-state index in [1.807, 2.05) is 0 Å². The lowest BCUT2D eigenvalue weighted by molar-refractivity contribution is 0.167. The topological polar surface area (TPSA) is 34.2 Å². The standard InChI is InChI=1S/C15H27N3/c1-11-9-12-13(16)7-6-8-14(12)18(11)10-15(2,3)17(4)5/h9,13H,6-8,10,16H2,1-5H3. The van der Waals surface area contributed by atoms with Crippen LogP contribution in [0.25, 0.3) is 0 Å². The number of likely N-dealkylation sites (N-methyl/N-ethyl adjacent to an activating group) is 1. The lowest BCUT2D eigenvalue weighted by Crippen LogP contribution is -2.42. The normalized spacial score (nSPS) is 20.3. The minimum atomic E-state index is 0.166. The summed E-state index contributed by atoms with van der Waals surface area (Å²) in [5, 5.41) is 0. The quantitative estimate of drug-likeness (QED) is 0.893. The molecule has 0 fully saturated rings.